The summed E-state index contributed by atoms with van der Waals surface area (Å²) in [6.07, 6.45) is 0. The minimum Gasteiger partial charge on any atom is -0.483 e. The lowest BCUT2D eigenvalue weighted by molar-refractivity contribution is -0.123. The third-order valence-electron chi connectivity index (χ3n) is 3.84. The predicted octanol–water partition coefficient (Wildman–Crippen LogP) is 4.51. The Morgan fingerprint density at radius 1 is 1.00 bits per heavy atom. The zero-order valence-corrected chi connectivity index (χ0v) is 17.6. The molecule has 0 aliphatic carbocycles. The van der Waals surface area contributed by atoms with Gasteiger partial charge in [-0.25, -0.2) is 0 Å². The molecular formula is C20H16Br2N2O3. The molecule has 0 saturated carbocycles. The van der Waals surface area contributed by atoms with Gasteiger partial charge >= 0.3 is 0 Å². The summed E-state index contributed by atoms with van der Waals surface area (Å²) in [6, 6.07) is 16.7. The number of hydrogen-bond donors (Lipinski definition) is 2. The lowest BCUT2D eigenvalue weighted by Gasteiger charge is -2.11. The first-order valence-corrected chi connectivity index (χ1v) is 9.69. The molecule has 138 valence electrons. The summed E-state index contributed by atoms with van der Waals surface area (Å²) in [5.41, 5.74) is 6.16. The molecule has 3 aromatic carbocycles. The highest BCUT2D eigenvalue weighted by atomic mass is 79.9. The van der Waals surface area contributed by atoms with Crippen LogP contribution in [-0.4, -0.2) is 18.4 Å². The van der Waals surface area contributed by atoms with Crippen LogP contribution in [0.15, 0.2) is 63.5 Å². The number of fused-ring (bicyclic) bond motifs is 1. The number of amides is 2. The largest absolute Gasteiger partial charge is 0.483 e. The molecule has 5 nitrogen and oxygen atoms in total. The molecule has 0 aliphatic rings. The van der Waals surface area contributed by atoms with Crippen LogP contribution in [0, 0.1) is 6.92 Å². The van der Waals surface area contributed by atoms with Gasteiger partial charge < -0.3 is 4.74 Å². The molecule has 3 rings (SSSR count). The van der Waals surface area contributed by atoms with E-state index < -0.39 is 5.91 Å². The normalized spacial score (nSPS) is 10.5. The average molecular weight is 492 g/mol. The van der Waals surface area contributed by atoms with E-state index in [-0.39, 0.29) is 12.5 Å². The van der Waals surface area contributed by atoms with Crippen molar-refractivity contribution in [1.82, 2.24) is 10.9 Å². The van der Waals surface area contributed by atoms with Gasteiger partial charge in [0.1, 0.15) is 5.75 Å². The van der Waals surface area contributed by atoms with Crippen LogP contribution in [0.2, 0.25) is 0 Å². The maximum absolute atomic E-state index is 12.0. The van der Waals surface area contributed by atoms with Crippen molar-refractivity contribution in [2.24, 2.45) is 0 Å². The first-order chi connectivity index (χ1) is 12.9. The average Bonchev–Trinajstić information content (AvgIpc) is 2.65. The Balaban J connectivity index is 1.58. The van der Waals surface area contributed by atoms with Crippen LogP contribution < -0.4 is 15.6 Å². The van der Waals surface area contributed by atoms with E-state index >= 15 is 0 Å². The molecule has 27 heavy (non-hydrogen) atoms. The van der Waals surface area contributed by atoms with Gasteiger partial charge in [0.2, 0.25) is 0 Å². The molecule has 7 heteroatoms. The van der Waals surface area contributed by atoms with Crippen LogP contribution in [0.5, 0.6) is 5.75 Å². The van der Waals surface area contributed by atoms with Crippen LogP contribution in [0.4, 0.5) is 0 Å². The number of nitrogens with one attached hydrogen (secondary N) is 2. The zero-order chi connectivity index (χ0) is 19.4. The van der Waals surface area contributed by atoms with Gasteiger partial charge in [0, 0.05) is 10.0 Å². The number of hydrazine groups is 1. The predicted molar refractivity (Wildman–Crippen MR) is 112 cm³/mol. The van der Waals surface area contributed by atoms with Gasteiger partial charge in [0.05, 0.1) is 4.47 Å². The monoisotopic (exact) mass is 490 g/mol. The van der Waals surface area contributed by atoms with Crippen molar-refractivity contribution < 1.29 is 14.3 Å². The van der Waals surface area contributed by atoms with Gasteiger partial charge in [-0.15, -0.1) is 0 Å². The van der Waals surface area contributed by atoms with E-state index in [1.807, 2.05) is 37.3 Å². The zero-order valence-electron chi connectivity index (χ0n) is 14.4. The van der Waals surface area contributed by atoms with E-state index in [9.17, 15) is 9.59 Å². The van der Waals surface area contributed by atoms with E-state index in [2.05, 4.69) is 42.7 Å². The highest BCUT2D eigenvalue weighted by Crippen LogP contribution is 2.34. The second-order valence-corrected chi connectivity index (χ2v) is 7.61. The van der Waals surface area contributed by atoms with Crippen LogP contribution in [0.1, 0.15) is 15.9 Å². The van der Waals surface area contributed by atoms with Crippen molar-refractivity contribution in [3.05, 3.63) is 74.7 Å². The molecule has 0 bridgehead atoms. The third kappa shape index (κ3) is 4.87. The molecule has 0 unspecified atom stereocenters. The Kier molecular flexibility index (Phi) is 6.13. The van der Waals surface area contributed by atoms with E-state index in [1.54, 1.807) is 24.3 Å². The Labute approximate surface area is 173 Å². The molecular weight excluding hydrogens is 476 g/mol. The lowest BCUT2D eigenvalue weighted by Crippen LogP contribution is -2.43. The molecule has 3 aromatic rings. The number of rotatable bonds is 4. The van der Waals surface area contributed by atoms with Crippen molar-refractivity contribution in [3.63, 3.8) is 0 Å². The van der Waals surface area contributed by atoms with Crippen LogP contribution in [0.25, 0.3) is 10.8 Å². The highest BCUT2D eigenvalue weighted by molar-refractivity contribution is 9.11. The van der Waals surface area contributed by atoms with Gasteiger partial charge in [-0.3, -0.25) is 20.4 Å². The Morgan fingerprint density at radius 2 is 1.81 bits per heavy atom. The minimum absolute atomic E-state index is 0.227. The summed E-state index contributed by atoms with van der Waals surface area (Å²) in [5.74, 6) is -0.298. The first kappa shape index (κ1) is 19.4. The third-order valence-corrected chi connectivity index (χ3v) is 5.15. The topological polar surface area (TPSA) is 67.4 Å². The smallest absolute Gasteiger partial charge is 0.276 e. The lowest BCUT2D eigenvalue weighted by atomic mass is 10.1. The van der Waals surface area contributed by atoms with Gasteiger partial charge in [-0.1, -0.05) is 45.8 Å². The summed E-state index contributed by atoms with van der Waals surface area (Å²) >= 11 is 6.96. The minimum atomic E-state index is -0.459. The van der Waals surface area contributed by atoms with Gasteiger partial charge in [0.25, 0.3) is 11.8 Å². The maximum Gasteiger partial charge on any atom is 0.276 e. The second-order valence-electron chi connectivity index (χ2n) is 5.90. The van der Waals surface area contributed by atoms with Gasteiger partial charge in [0.15, 0.2) is 6.61 Å². The molecule has 0 aromatic heterocycles. The van der Waals surface area contributed by atoms with E-state index in [0.717, 1.165) is 25.3 Å². The molecule has 0 saturated heterocycles. The summed E-state index contributed by atoms with van der Waals surface area (Å²) in [6.45, 7) is 1.66. The summed E-state index contributed by atoms with van der Waals surface area (Å²) < 4.78 is 7.33. The Morgan fingerprint density at radius 3 is 2.59 bits per heavy atom. The van der Waals surface area contributed by atoms with Crippen LogP contribution >= 0.6 is 31.9 Å². The van der Waals surface area contributed by atoms with Crippen molar-refractivity contribution in [2.45, 2.75) is 6.92 Å². The summed E-state index contributed by atoms with van der Waals surface area (Å²) in [7, 11) is 0. The summed E-state index contributed by atoms with van der Waals surface area (Å²) in [4.78, 5) is 24.0. The molecule has 0 fully saturated rings. The van der Waals surface area contributed by atoms with Gasteiger partial charge in [-0.05, 0) is 64.0 Å². The second kappa shape index (κ2) is 8.54. The quantitative estimate of drug-likeness (QED) is 0.527. The standard InChI is InChI=1S/C20H16Br2N2O3/c1-12-3-2-4-14(9-12)20(26)24-23-18(25)11-27-17-8-5-13-10-15(21)6-7-16(13)19(17)22/h2-10H,11H2,1H3,(H,23,25)(H,24,26). The SMILES string of the molecule is Cc1cccc(C(=O)NNC(=O)COc2ccc3cc(Br)ccc3c2Br)c1. The molecule has 2 amide bonds. The molecule has 0 heterocycles. The van der Waals surface area contributed by atoms with E-state index in [1.165, 1.54) is 0 Å². The molecule has 0 aliphatic heterocycles. The number of carbonyl (C=O) groups excluding carboxylic acids is 2. The van der Waals surface area contributed by atoms with Crippen molar-refractivity contribution in [3.8, 4) is 5.75 Å². The fourth-order valence-electron chi connectivity index (χ4n) is 2.52. The molecule has 0 radical (unpaired) electrons. The van der Waals surface area contributed by atoms with Crippen molar-refractivity contribution >= 4 is 54.4 Å². The molecule has 0 atom stereocenters. The molecule has 0 spiro atoms. The maximum atomic E-state index is 12.0. The van der Waals surface area contributed by atoms with E-state index in [0.29, 0.717) is 11.3 Å². The Hall–Kier alpha value is -2.38. The van der Waals surface area contributed by atoms with Crippen LogP contribution in [0.3, 0.4) is 0 Å². The first-order valence-electron chi connectivity index (χ1n) is 8.10. The molecule has 2 N–H and O–H groups in total. The number of halogens is 2. The number of ether oxygens (including phenoxy) is 1. The fraction of sp³-hybridized carbons (Fsp3) is 0.100. The van der Waals surface area contributed by atoms with Crippen LogP contribution in [-0.2, 0) is 4.79 Å². The number of carbonyl (C=O) groups is 2. The fourth-order valence-corrected chi connectivity index (χ4v) is 3.51. The number of aryl methyl sites for hydroxylation is 1. The van der Waals surface area contributed by atoms with E-state index in [4.69, 9.17) is 4.74 Å². The van der Waals surface area contributed by atoms with Crippen molar-refractivity contribution in [1.29, 1.82) is 0 Å². The Bertz CT molecular complexity index is 1020. The highest BCUT2D eigenvalue weighted by Gasteiger charge is 2.11. The number of benzene rings is 3. The van der Waals surface area contributed by atoms with Crippen molar-refractivity contribution in [2.75, 3.05) is 6.61 Å². The number of hydrogen-bond acceptors (Lipinski definition) is 3. The summed E-state index contributed by atoms with van der Waals surface area (Å²) in [5, 5.41) is 2.02. The van der Waals surface area contributed by atoms with Gasteiger partial charge in [-0.2, -0.15) is 0 Å².